The van der Waals surface area contributed by atoms with Gasteiger partial charge >= 0.3 is 0 Å². The standard InChI is InChI=1S/C18H22N2O2/c1-14(19)10-11-18(21)20-13-15-6-5-9-17(12-15)22-16-7-3-2-4-8-16/h2-9,12,14H,10-11,13,19H2,1H3,(H,20,21). The van der Waals surface area contributed by atoms with Gasteiger partial charge in [-0.3, -0.25) is 4.79 Å². The first-order valence-corrected chi connectivity index (χ1v) is 7.47. The van der Waals surface area contributed by atoms with E-state index in [0.717, 1.165) is 17.1 Å². The zero-order valence-corrected chi connectivity index (χ0v) is 12.8. The molecule has 0 heterocycles. The number of para-hydroxylation sites is 1. The van der Waals surface area contributed by atoms with E-state index in [4.69, 9.17) is 10.5 Å². The summed E-state index contributed by atoms with van der Waals surface area (Å²) in [5.41, 5.74) is 6.65. The van der Waals surface area contributed by atoms with Gasteiger partial charge in [0.15, 0.2) is 0 Å². The van der Waals surface area contributed by atoms with Gasteiger partial charge in [-0.05, 0) is 43.2 Å². The number of benzene rings is 2. The van der Waals surface area contributed by atoms with Crippen molar-refractivity contribution in [2.24, 2.45) is 5.73 Å². The highest BCUT2D eigenvalue weighted by molar-refractivity contribution is 5.75. The maximum absolute atomic E-state index is 11.7. The molecule has 0 spiro atoms. The van der Waals surface area contributed by atoms with Gasteiger partial charge in [-0.15, -0.1) is 0 Å². The molecule has 0 saturated heterocycles. The molecule has 3 N–H and O–H groups in total. The number of rotatable bonds is 7. The van der Waals surface area contributed by atoms with Gasteiger partial charge in [0, 0.05) is 19.0 Å². The van der Waals surface area contributed by atoms with Gasteiger partial charge in [0.2, 0.25) is 5.91 Å². The summed E-state index contributed by atoms with van der Waals surface area (Å²) < 4.78 is 5.78. The molecule has 2 aromatic rings. The van der Waals surface area contributed by atoms with E-state index in [0.29, 0.717) is 19.4 Å². The van der Waals surface area contributed by atoms with Crippen molar-refractivity contribution in [1.82, 2.24) is 5.32 Å². The van der Waals surface area contributed by atoms with E-state index in [1.807, 2.05) is 61.5 Å². The van der Waals surface area contributed by atoms with Crippen LogP contribution in [0.2, 0.25) is 0 Å². The third kappa shape index (κ3) is 5.58. The molecule has 0 bridgehead atoms. The number of carbonyl (C=O) groups is 1. The molecule has 116 valence electrons. The van der Waals surface area contributed by atoms with Gasteiger partial charge in [-0.25, -0.2) is 0 Å². The number of hydrogen-bond donors (Lipinski definition) is 2. The molecular weight excluding hydrogens is 276 g/mol. The fourth-order valence-electron chi connectivity index (χ4n) is 1.99. The van der Waals surface area contributed by atoms with Crippen LogP contribution in [-0.4, -0.2) is 11.9 Å². The second-order valence-corrected chi connectivity index (χ2v) is 5.36. The van der Waals surface area contributed by atoms with Crippen LogP contribution in [0, 0.1) is 0 Å². The van der Waals surface area contributed by atoms with E-state index < -0.39 is 0 Å². The largest absolute Gasteiger partial charge is 0.457 e. The highest BCUT2D eigenvalue weighted by Gasteiger charge is 2.04. The Bertz CT molecular complexity index is 597. The maximum atomic E-state index is 11.7. The van der Waals surface area contributed by atoms with Crippen LogP contribution in [0.5, 0.6) is 11.5 Å². The summed E-state index contributed by atoms with van der Waals surface area (Å²) in [6.07, 6.45) is 1.15. The van der Waals surface area contributed by atoms with Gasteiger partial charge in [0.05, 0.1) is 0 Å². The van der Waals surface area contributed by atoms with Gasteiger partial charge in [-0.1, -0.05) is 30.3 Å². The van der Waals surface area contributed by atoms with Gasteiger partial charge in [0.25, 0.3) is 0 Å². The van der Waals surface area contributed by atoms with E-state index in [1.54, 1.807) is 0 Å². The Hall–Kier alpha value is -2.33. The molecule has 4 nitrogen and oxygen atoms in total. The van der Waals surface area contributed by atoms with Crippen LogP contribution in [0.3, 0.4) is 0 Å². The molecule has 0 aromatic heterocycles. The molecule has 1 atom stereocenters. The van der Waals surface area contributed by atoms with Crippen molar-refractivity contribution in [3.05, 3.63) is 60.2 Å². The Morgan fingerprint density at radius 2 is 1.86 bits per heavy atom. The Kier molecular flexibility index (Phi) is 5.98. The minimum atomic E-state index is 0.0201. The van der Waals surface area contributed by atoms with Gasteiger partial charge < -0.3 is 15.8 Å². The molecule has 2 rings (SSSR count). The van der Waals surface area contributed by atoms with Crippen LogP contribution in [0.15, 0.2) is 54.6 Å². The zero-order valence-electron chi connectivity index (χ0n) is 12.8. The molecule has 1 amide bonds. The lowest BCUT2D eigenvalue weighted by molar-refractivity contribution is -0.121. The van der Waals surface area contributed by atoms with Crippen LogP contribution in [0.25, 0.3) is 0 Å². The minimum absolute atomic E-state index is 0.0201. The fourth-order valence-corrected chi connectivity index (χ4v) is 1.99. The van der Waals surface area contributed by atoms with Crippen molar-refractivity contribution >= 4 is 5.91 Å². The molecule has 0 fully saturated rings. The Morgan fingerprint density at radius 3 is 2.59 bits per heavy atom. The van der Waals surface area contributed by atoms with Crippen LogP contribution in [-0.2, 0) is 11.3 Å². The van der Waals surface area contributed by atoms with E-state index in [1.165, 1.54) is 0 Å². The fraction of sp³-hybridized carbons (Fsp3) is 0.278. The number of hydrogen-bond acceptors (Lipinski definition) is 3. The van der Waals surface area contributed by atoms with E-state index in [2.05, 4.69) is 5.32 Å². The average molecular weight is 298 g/mol. The van der Waals surface area contributed by atoms with E-state index in [-0.39, 0.29) is 11.9 Å². The predicted octanol–water partition coefficient (Wildman–Crippen LogP) is 3.22. The van der Waals surface area contributed by atoms with E-state index >= 15 is 0 Å². The Balaban J connectivity index is 1.87. The molecule has 0 aliphatic rings. The molecule has 0 radical (unpaired) electrons. The number of nitrogens with two attached hydrogens (primary N) is 1. The van der Waals surface area contributed by atoms with Gasteiger partial charge in [0.1, 0.15) is 11.5 Å². The molecular formula is C18H22N2O2. The topological polar surface area (TPSA) is 64.4 Å². The molecule has 0 aliphatic carbocycles. The highest BCUT2D eigenvalue weighted by Crippen LogP contribution is 2.21. The minimum Gasteiger partial charge on any atom is -0.457 e. The van der Waals surface area contributed by atoms with Crippen LogP contribution in [0.4, 0.5) is 0 Å². The summed E-state index contributed by atoms with van der Waals surface area (Å²) in [6, 6.07) is 17.4. The number of amides is 1. The monoisotopic (exact) mass is 298 g/mol. The molecule has 4 heteroatoms. The average Bonchev–Trinajstić information content (AvgIpc) is 2.52. The molecule has 22 heavy (non-hydrogen) atoms. The summed E-state index contributed by atoms with van der Waals surface area (Å²) >= 11 is 0. The maximum Gasteiger partial charge on any atom is 0.220 e. The van der Waals surface area contributed by atoms with Crippen molar-refractivity contribution in [1.29, 1.82) is 0 Å². The second-order valence-electron chi connectivity index (χ2n) is 5.36. The predicted molar refractivity (Wildman–Crippen MR) is 87.7 cm³/mol. The zero-order chi connectivity index (χ0) is 15.8. The lowest BCUT2D eigenvalue weighted by atomic mass is 10.2. The third-order valence-corrected chi connectivity index (χ3v) is 3.19. The summed E-state index contributed by atoms with van der Waals surface area (Å²) in [4.78, 5) is 11.7. The summed E-state index contributed by atoms with van der Waals surface area (Å²) in [7, 11) is 0. The lowest BCUT2D eigenvalue weighted by Crippen LogP contribution is -2.25. The summed E-state index contributed by atoms with van der Waals surface area (Å²) in [5, 5.41) is 2.90. The molecule has 2 aromatic carbocycles. The van der Waals surface area contributed by atoms with Crippen molar-refractivity contribution in [3.8, 4) is 11.5 Å². The highest BCUT2D eigenvalue weighted by atomic mass is 16.5. The normalized spacial score (nSPS) is 11.7. The first-order valence-electron chi connectivity index (χ1n) is 7.47. The first-order chi connectivity index (χ1) is 10.6. The third-order valence-electron chi connectivity index (χ3n) is 3.19. The second kappa shape index (κ2) is 8.20. The van der Waals surface area contributed by atoms with Gasteiger partial charge in [-0.2, -0.15) is 0 Å². The SMILES string of the molecule is CC(N)CCC(=O)NCc1cccc(Oc2ccccc2)c1. The first kappa shape index (κ1) is 16.0. The number of carbonyl (C=O) groups excluding carboxylic acids is 1. The Morgan fingerprint density at radius 1 is 1.14 bits per heavy atom. The van der Waals surface area contributed by atoms with Crippen molar-refractivity contribution < 1.29 is 9.53 Å². The van der Waals surface area contributed by atoms with Crippen LogP contribution >= 0.6 is 0 Å². The number of nitrogens with one attached hydrogen (secondary N) is 1. The molecule has 0 aliphatic heterocycles. The smallest absolute Gasteiger partial charge is 0.220 e. The number of ether oxygens (including phenoxy) is 1. The Labute approximate surface area is 131 Å². The summed E-state index contributed by atoms with van der Waals surface area (Å²) in [5.74, 6) is 1.57. The summed E-state index contributed by atoms with van der Waals surface area (Å²) in [6.45, 7) is 2.39. The van der Waals surface area contributed by atoms with Crippen molar-refractivity contribution in [2.75, 3.05) is 0 Å². The van der Waals surface area contributed by atoms with Crippen molar-refractivity contribution in [2.45, 2.75) is 32.4 Å². The quantitative estimate of drug-likeness (QED) is 0.825. The van der Waals surface area contributed by atoms with E-state index in [9.17, 15) is 4.79 Å². The lowest BCUT2D eigenvalue weighted by Gasteiger charge is -2.09. The van der Waals surface area contributed by atoms with Crippen LogP contribution < -0.4 is 15.8 Å². The van der Waals surface area contributed by atoms with Crippen molar-refractivity contribution in [3.63, 3.8) is 0 Å². The molecule has 1 unspecified atom stereocenters. The van der Waals surface area contributed by atoms with Crippen LogP contribution in [0.1, 0.15) is 25.3 Å². The molecule has 0 saturated carbocycles.